The highest BCUT2D eigenvalue weighted by atomic mass is 16.3. The van der Waals surface area contributed by atoms with Crippen molar-refractivity contribution in [3.8, 4) is 6.07 Å². The number of nitriles is 1. The summed E-state index contributed by atoms with van der Waals surface area (Å²) >= 11 is 0. The summed E-state index contributed by atoms with van der Waals surface area (Å²) in [7, 11) is 3.60. The van der Waals surface area contributed by atoms with E-state index >= 15 is 0 Å². The van der Waals surface area contributed by atoms with Gasteiger partial charge in [0.05, 0.1) is 18.0 Å². The van der Waals surface area contributed by atoms with Crippen molar-refractivity contribution in [1.82, 2.24) is 19.4 Å². The summed E-state index contributed by atoms with van der Waals surface area (Å²) in [5, 5.41) is 16.1. The molecule has 28 heavy (non-hydrogen) atoms. The summed E-state index contributed by atoms with van der Waals surface area (Å²) in [6.45, 7) is 2.09. The van der Waals surface area contributed by atoms with Gasteiger partial charge in [0.1, 0.15) is 5.54 Å². The maximum absolute atomic E-state index is 12.9. The minimum absolute atomic E-state index is 0.113. The molecule has 0 aliphatic carbocycles. The topological polar surface area (TPSA) is 102 Å². The van der Waals surface area contributed by atoms with Crippen LogP contribution in [0, 0.1) is 11.3 Å². The van der Waals surface area contributed by atoms with Crippen LogP contribution >= 0.6 is 0 Å². The minimum atomic E-state index is -0.564. The third kappa shape index (κ3) is 4.56. The lowest BCUT2D eigenvalue weighted by molar-refractivity contribution is -0.141. The molecule has 0 spiro atoms. The van der Waals surface area contributed by atoms with Crippen molar-refractivity contribution in [3.05, 3.63) is 54.1 Å². The van der Waals surface area contributed by atoms with Crippen molar-refractivity contribution in [2.75, 3.05) is 27.2 Å². The van der Waals surface area contributed by atoms with Gasteiger partial charge < -0.3 is 14.6 Å². The van der Waals surface area contributed by atoms with Crippen LogP contribution in [0.4, 0.5) is 0 Å². The van der Waals surface area contributed by atoms with Crippen LogP contribution in [0.15, 0.2) is 43.0 Å². The van der Waals surface area contributed by atoms with Crippen molar-refractivity contribution in [1.29, 1.82) is 5.26 Å². The van der Waals surface area contributed by atoms with Gasteiger partial charge >= 0.3 is 0 Å². The SMILES string of the molecule is CN(C)C(=O)C1(n2ccnc2)CCN(Cc2ccccc2C#N)CC1.O=CO. The molecule has 1 aromatic carbocycles. The van der Waals surface area contributed by atoms with Crippen LogP contribution < -0.4 is 0 Å². The van der Waals surface area contributed by atoms with Crippen LogP contribution in [-0.2, 0) is 21.7 Å². The Hall–Kier alpha value is -3.18. The number of likely N-dealkylation sites (tertiary alicyclic amines) is 1. The first-order chi connectivity index (χ1) is 13.5. The minimum Gasteiger partial charge on any atom is -0.483 e. The summed E-state index contributed by atoms with van der Waals surface area (Å²) in [4.78, 5) is 29.4. The number of rotatable bonds is 4. The van der Waals surface area contributed by atoms with Crippen molar-refractivity contribution in [2.24, 2.45) is 0 Å². The van der Waals surface area contributed by atoms with Crippen molar-refractivity contribution >= 4 is 12.4 Å². The third-order valence-corrected chi connectivity index (χ3v) is 5.02. The van der Waals surface area contributed by atoms with Crippen LogP contribution in [0.3, 0.4) is 0 Å². The lowest BCUT2D eigenvalue weighted by Crippen LogP contribution is -2.54. The van der Waals surface area contributed by atoms with Crippen molar-refractivity contribution in [3.63, 3.8) is 0 Å². The molecule has 1 fully saturated rings. The van der Waals surface area contributed by atoms with E-state index in [4.69, 9.17) is 9.90 Å². The molecule has 1 amide bonds. The maximum atomic E-state index is 12.9. The average Bonchev–Trinajstić information content (AvgIpc) is 3.24. The zero-order valence-corrected chi connectivity index (χ0v) is 16.2. The summed E-state index contributed by atoms with van der Waals surface area (Å²) < 4.78 is 1.95. The van der Waals surface area contributed by atoms with E-state index in [0.29, 0.717) is 0 Å². The van der Waals surface area contributed by atoms with Gasteiger partial charge in [-0.25, -0.2) is 4.98 Å². The second-order valence-electron chi connectivity index (χ2n) is 6.85. The Morgan fingerprint density at radius 2 is 2.00 bits per heavy atom. The monoisotopic (exact) mass is 383 g/mol. The number of carboxylic acid groups (broad SMARTS) is 1. The lowest BCUT2D eigenvalue weighted by atomic mass is 9.85. The number of nitrogens with zero attached hydrogens (tertiary/aromatic N) is 5. The predicted octanol–water partition coefficient (Wildman–Crippen LogP) is 1.54. The number of carbonyl (C=O) groups is 2. The number of hydrogen-bond acceptors (Lipinski definition) is 5. The van der Waals surface area contributed by atoms with Gasteiger partial charge in [-0.1, -0.05) is 18.2 Å². The number of carbonyl (C=O) groups excluding carboxylic acids is 1. The number of amides is 1. The number of benzene rings is 1. The first kappa shape index (κ1) is 21.1. The van der Waals surface area contributed by atoms with E-state index in [1.54, 1.807) is 31.5 Å². The number of hydrogen-bond donors (Lipinski definition) is 1. The molecule has 1 N–H and O–H groups in total. The van der Waals surface area contributed by atoms with Gasteiger partial charge in [-0.05, 0) is 24.5 Å². The molecule has 3 rings (SSSR count). The highest BCUT2D eigenvalue weighted by Crippen LogP contribution is 2.32. The van der Waals surface area contributed by atoms with Gasteiger partial charge in [0.25, 0.3) is 6.47 Å². The fraction of sp³-hybridized carbons (Fsp3) is 0.400. The number of imidazole rings is 1. The molecule has 1 aromatic heterocycles. The molecule has 8 heteroatoms. The molecule has 0 bridgehead atoms. The molecule has 2 heterocycles. The second-order valence-corrected chi connectivity index (χ2v) is 6.85. The molecule has 1 saturated heterocycles. The molecule has 0 unspecified atom stereocenters. The highest BCUT2D eigenvalue weighted by Gasteiger charge is 2.43. The van der Waals surface area contributed by atoms with Gasteiger partial charge in [0, 0.05) is 46.1 Å². The molecule has 0 radical (unpaired) electrons. The lowest BCUT2D eigenvalue weighted by Gasteiger charge is -2.42. The van der Waals surface area contributed by atoms with E-state index in [9.17, 15) is 10.1 Å². The normalized spacial score (nSPS) is 15.6. The molecule has 8 nitrogen and oxygen atoms in total. The predicted molar refractivity (Wildman–Crippen MR) is 103 cm³/mol. The van der Waals surface area contributed by atoms with E-state index in [1.165, 1.54) is 0 Å². The Morgan fingerprint density at radius 1 is 1.36 bits per heavy atom. The third-order valence-electron chi connectivity index (χ3n) is 5.02. The zero-order chi connectivity index (χ0) is 20.6. The molecule has 1 aliphatic heterocycles. The van der Waals surface area contributed by atoms with Crippen molar-refractivity contribution < 1.29 is 14.7 Å². The van der Waals surface area contributed by atoms with Crippen LogP contribution in [0.1, 0.15) is 24.0 Å². The second kappa shape index (κ2) is 9.67. The summed E-state index contributed by atoms with van der Waals surface area (Å²) in [5.74, 6) is 0.113. The van der Waals surface area contributed by atoms with E-state index in [1.807, 2.05) is 35.0 Å². The molecule has 2 aromatic rings. The van der Waals surface area contributed by atoms with Crippen LogP contribution in [0.2, 0.25) is 0 Å². The first-order valence-corrected chi connectivity index (χ1v) is 8.97. The first-order valence-electron chi connectivity index (χ1n) is 8.97. The molecule has 1 aliphatic rings. The molecule has 0 atom stereocenters. The van der Waals surface area contributed by atoms with Crippen LogP contribution in [0.5, 0.6) is 0 Å². The average molecular weight is 383 g/mol. The quantitative estimate of drug-likeness (QED) is 0.804. The van der Waals surface area contributed by atoms with Gasteiger partial charge in [0.2, 0.25) is 5.91 Å². The Balaban J connectivity index is 0.000000878. The zero-order valence-electron chi connectivity index (χ0n) is 16.2. The maximum Gasteiger partial charge on any atom is 0.290 e. The van der Waals surface area contributed by atoms with Gasteiger partial charge in [0.15, 0.2) is 0 Å². The van der Waals surface area contributed by atoms with E-state index in [-0.39, 0.29) is 12.4 Å². The largest absolute Gasteiger partial charge is 0.483 e. The molecular weight excluding hydrogens is 358 g/mol. The van der Waals surface area contributed by atoms with Gasteiger partial charge in [-0.15, -0.1) is 0 Å². The fourth-order valence-corrected chi connectivity index (χ4v) is 3.60. The Labute approximate surface area is 164 Å². The van der Waals surface area contributed by atoms with Crippen molar-refractivity contribution in [2.45, 2.75) is 24.9 Å². The molecule has 148 valence electrons. The summed E-state index contributed by atoms with van der Waals surface area (Å²) in [6.07, 6.45) is 6.80. The van der Waals surface area contributed by atoms with Gasteiger partial charge in [-0.2, -0.15) is 5.26 Å². The molecule has 0 saturated carbocycles. The van der Waals surface area contributed by atoms with E-state index < -0.39 is 5.54 Å². The van der Waals surface area contributed by atoms with Gasteiger partial charge in [-0.3, -0.25) is 14.5 Å². The number of piperidine rings is 1. The van der Waals surface area contributed by atoms with E-state index in [2.05, 4.69) is 16.0 Å². The Bertz CT molecular complexity index is 819. The fourth-order valence-electron chi connectivity index (χ4n) is 3.60. The number of aromatic nitrogens is 2. The Morgan fingerprint density at radius 3 is 2.54 bits per heavy atom. The molecular formula is C20H25N5O3. The van der Waals surface area contributed by atoms with Crippen LogP contribution in [0.25, 0.3) is 0 Å². The highest BCUT2D eigenvalue weighted by molar-refractivity contribution is 5.84. The standard InChI is InChI=1S/C19H23N5O.CH2O2/c1-22(2)18(25)19(24-12-9-21-15-24)7-10-23(11-8-19)14-17-6-4-3-5-16(17)13-20;2-1-3/h3-6,9,12,15H,7-8,10-11,14H2,1-2H3;1H,(H,2,3). The Kier molecular flexibility index (Phi) is 7.29. The number of likely N-dealkylation sites (N-methyl/N-ethyl adjacent to an activating group) is 1. The smallest absolute Gasteiger partial charge is 0.290 e. The van der Waals surface area contributed by atoms with Crippen LogP contribution in [-0.4, -0.2) is 64.0 Å². The van der Waals surface area contributed by atoms with E-state index in [0.717, 1.165) is 43.6 Å². The summed E-state index contributed by atoms with van der Waals surface area (Å²) in [5.41, 5.74) is 1.20. The summed E-state index contributed by atoms with van der Waals surface area (Å²) in [6, 6.07) is 9.96.